The number of benzene rings is 1. The number of aliphatic hydroxyl groups is 6. The average Bonchev–Trinajstić information content (AvgIpc) is 2.79. The molecule has 6 N–H and O–H groups in total. The van der Waals surface area contributed by atoms with Crippen molar-refractivity contribution in [2.45, 2.75) is 61.7 Å². The van der Waals surface area contributed by atoms with Crippen LogP contribution in [0.4, 0.5) is 0 Å². The van der Waals surface area contributed by atoms with E-state index in [1.54, 1.807) is 24.3 Å². The summed E-state index contributed by atoms with van der Waals surface area (Å²) in [7, 11) is 1.45. The fourth-order valence-electron chi connectivity index (χ4n) is 3.50. The van der Waals surface area contributed by atoms with Crippen molar-refractivity contribution in [1.82, 2.24) is 0 Å². The fourth-order valence-corrected chi connectivity index (χ4v) is 3.50. The summed E-state index contributed by atoms with van der Waals surface area (Å²) in [6.07, 6.45) is -10.4. The van der Waals surface area contributed by atoms with Gasteiger partial charge in [-0.3, -0.25) is 0 Å². The maximum Gasteiger partial charge on any atom is 0.229 e. The largest absolute Gasteiger partial charge is 0.493 e. The minimum Gasteiger partial charge on any atom is -0.493 e. The zero-order chi connectivity index (χ0) is 23.4. The lowest BCUT2D eigenvalue weighted by Gasteiger charge is -2.41. The first-order chi connectivity index (χ1) is 15.3. The minimum atomic E-state index is -1.61. The maximum absolute atomic E-state index is 10.3. The molecule has 0 amide bonds. The lowest BCUT2D eigenvalue weighted by molar-refractivity contribution is -0.307. The molecular weight excluding hydrogens is 428 g/mol. The number of rotatable bonds is 8. The molecule has 11 nitrogen and oxygen atoms in total. The first-order valence-corrected chi connectivity index (χ1v) is 10.2. The maximum atomic E-state index is 10.3. The van der Waals surface area contributed by atoms with Crippen LogP contribution in [0.5, 0.6) is 11.5 Å². The van der Waals surface area contributed by atoms with Gasteiger partial charge in [0.15, 0.2) is 17.8 Å². The van der Waals surface area contributed by atoms with Crippen molar-refractivity contribution in [3.63, 3.8) is 0 Å². The molecule has 2 aliphatic rings. The van der Waals surface area contributed by atoms with Crippen molar-refractivity contribution in [3.05, 3.63) is 36.4 Å². The topological polar surface area (TPSA) is 168 Å². The summed E-state index contributed by atoms with van der Waals surface area (Å²) in [6, 6.07) is 5.14. The van der Waals surface area contributed by atoms with Crippen molar-refractivity contribution in [2.24, 2.45) is 0 Å². The van der Waals surface area contributed by atoms with E-state index in [-0.39, 0.29) is 19.0 Å². The first-order valence-electron chi connectivity index (χ1n) is 10.2. The SMILES string of the molecule is C=CCc1ccc(O[C@@H]2O[C@H](CO[C@@H]3OC[C@H](O)[C@H](O)[C@H]3O)[C@@H](O)[C@H](O)[C@H]2O)c(OC)c1. The highest BCUT2D eigenvalue weighted by molar-refractivity contribution is 5.43. The van der Waals surface area contributed by atoms with Crippen LogP contribution in [0.3, 0.4) is 0 Å². The second-order valence-electron chi connectivity index (χ2n) is 7.69. The second-order valence-corrected chi connectivity index (χ2v) is 7.69. The van der Waals surface area contributed by atoms with Crippen LogP contribution in [0.2, 0.25) is 0 Å². The molecule has 0 spiro atoms. The van der Waals surface area contributed by atoms with Crippen LogP contribution in [0.25, 0.3) is 0 Å². The van der Waals surface area contributed by atoms with Gasteiger partial charge in [0.2, 0.25) is 6.29 Å². The number of hydrogen-bond donors (Lipinski definition) is 6. The molecule has 11 heteroatoms. The Labute approximate surface area is 185 Å². The Morgan fingerprint density at radius 1 is 0.969 bits per heavy atom. The summed E-state index contributed by atoms with van der Waals surface area (Å²) in [5, 5.41) is 60.1. The molecular formula is C21H30O11. The molecule has 3 rings (SSSR count). The van der Waals surface area contributed by atoms with Crippen LogP contribution in [-0.2, 0) is 20.6 Å². The Kier molecular flexibility index (Phi) is 8.44. The van der Waals surface area contributed by atoms with Gasteiger partial charge < -0.3 is 54.3 Å². The van der Waals surface area contributed by atoms with E-state index in [0.717, 1.165) is 5.56 Å². The molecule has 1 aromatic rings. The fraction of sp³-hybridized carbons (Fsp3) is 0.619. The van der Waals surface area contributed by atoms with Crippen LogP contribution >= 0.6 is 0 Å². The molecule has 0 aromatic heterocycles. The Bertz CT molecular complexity index is 759. The Balaban J connectivity index is 1.67. The van der Waals surface area contributed by atoms with Crippen molar-refractivity contribution in [1.29, 1.82) is 0 Å². The third-order valence-electron chi connectivity index (χ3n) is 5.40. The Morgan fingerprint density at radius 3 is 2.38 bits per heavy atom. The van der Waals surface area contributed by atoms with E-state index in [9.17, 15) is 30.6 Å². The molecule has 0 saturated carbocycles. The van der Waals surface area contributed by atoms with E-state index in [4.69, 9.17) is 23.7 Å². The third kappa shape index (κ3) is 5.39. The Hall–Kier alpha value is -1.80. The number of aliphatic hydroxyl groups excluding tert-OH is 6. The molecule has 32 heavy (non-hydrogen) atoms. The minimum absolute atomic E-state index is 0.246. The molecule has 0 aliphatic carbocycles. The van der Waals surface area contributed by atoms with E-state index in [2.05, 4.69) is 6.58 Å². The lowest BCUT2D eigenvalue weighted by atomic mass is 9.99. The molecule has 180 valence electrons. The van der Waals surface area contributed by atoms with Crippen LogP contribution in [0, 0.1) is 0 Å². The number of hydrogen-bond acceptors (Lipinski definition) is 11. The van der Waals surface area contributed by atoms with Crippen molar-refractivity contribution >= 4 is 0 Å². The molecule has 0 bridgehead atoms. The predicted octanol–water partition coefficient (Wildman–Crippen LogP) is -1.93. The van der Waals surface area contributed by atoms with Crippen LogP contribution < -0.4 is 9.47 Å². The van der Waals surface area contributed by atoms with E-state index < -0.39 is 55.3 Å². The highest BCUT2D eigenvalue weighted by Gasteiger charge is 2.46. The van der Waals surface area contributed by atoms with Crippen molar-refractivity contribution < 1.29 is 54.3 Å². The molecule has 2 saturated heterocycles. The van der Waals surface area contributed by atoms with Gasteiger partial charge in [0.05, 0.1) is 20.3 Å². The zero-order valence-electron chi connectivity index (χ0n) is 17.6. The van der Waals surface area contributed by atoms with Gasteiger partial charge in [0, 0.05) is 0 Å². The quantitative estimate of drug-likeness (QED) is 0.240. The first kappa shape index (κ1) is 24.8. The average molecular weight is 458 g/mol. The molecule has 2 aliphatic heterocycles. The summed E-state index contributed by atoms with van der Waals surface area (Å²) < 4.78 is 27.2. The van der Waals surface area contributed by atoms with Crippen LogP contribution in [0.1, 0.15) is 5.56 Å². The van der Waals surface area contributed by atoms with Gasteiger partial charge in [-0.1, -0.05) is 12.1 Å². The monoisotopic (exact) mass is 458 g/mol. The summed E-state index contributed by atoms with van der Waals surface area (Å²) in [5.74, 6) is 0.621. The lowest BCUT2D eigenvalue weighted by Crippen LogP contribution is -2.61. The zero-order valence-corrected chi connectivity index (χ0v) is 17.6. The van der Waals surface area contributed by atoms with Crippen molar-refractivity contribution in [3.8, 4) is 11.5 Å². The summed E-state index contributed by atoms with van der Waals surface area (Å²) in [6.45, 7) is 3.06. The normalized spacial score (nSPS) is 37.7. The van der Waals surface area contributed by atoms with Gasteiger partial charge in [-0.25, -0.2) is 0 Å². The number of methoxy groups -OCH3 is 1. The smallest absolute Gasteiger partial charge is 0.229 e. The van der Waals surface area contributed by atoms with Crippen LogP contribution in [0.15, 0.2) is 30.9 Å². The van der Waals surface area contributed by atoms with E-state index in [0.29, 0.717) is 12.2 Å². The highest BCUT2D eigenvalue weighted by Crippen LogP contribution is 2.32. The van der Waals surface area contributed by atoms with Gasteiger partial charge in [0.1, 0.15) is 42.7 Å². The number of ether oxygens (including phenoxy) is 5. The van der Waals surface area contributed by atoms with Crippen LogP contribution in [-0.4, -0.2) is 106 Å². The van der Waals surface area contributed by atoms with E-state index in [1.807, 2.05) is 0 Å². The molecule has 9 atom stereocenters. The predicted molar refractivity (Wildman–Crippen MR) is 108 cm³/mol. The van der Waals surface area contributed by atoms with Gasteiger partial charge in [-0.05, 0) is 24.1 Å². The van der Waals surface area contributed by atoms with E-state index >= 15 is 0 Å². The number of allylic oxidation sites excluding steroid dienone is 1. The Morgan fingerprint density at radius 2 is 1.69 bits per heavy atom. The molecule has 1 aromatic carbocycles. The standard InChI is InChI=1S/C21H30O11/c1-3-4-10-5-6-12(13(7-10)28-2)31-21-19(27)17(25)16(24)14(32-21)9-30-20-18(26)15(23)11(22)8-29-20/h3,5-7,11,14-27H,1,4,8-9H2,2H3/t11-,14+,15-,16+,17-,18+,19+,20-,21+/m0/s1. The molecule has 0 radical (unpaired) electrons. The highest BCUT2D eigenvalue weighted by atomic mass is 16.7. The van der Waals surface area contributed by atoms with E-state index in [1.165, 1.54) is 7.11 Å². The second kappa shape index (κ2) is 10.9. The summed E-state index contributed by atoms with van der Waals surface area (Å²) >= 11 is 0. The third-order valence-corrected chi connectivity index (χ3v) is 5.40. The van der Waals surface area contributed by atoms with Crippen molar-refractivity contribution in [2.75, 3.05) is 20.3 Å². The van der Waals surface area contributed by atoms with Gasteiger partial charge >= 0.3 is 0 Å². The van der Waals surface area contributed by atoms with Gasteiger partial charge in [-0.2, -0.15) is 0 Å². The summed E-state index contributed by atoms with van der Waals surface area (Å²) in [4.78, 5) is 0. The molecule has 2 heterocycles. The summed E-state index contributed by atoms with van der Waals surface area (Å²) in [5.41, 5.74) is 0.925. The molecule has 2 fully saturated rings. The van der Waals surface area contributed by atoms with Gasteiger partial charge in [0.25, 0.3) is 0 Å². The molecule has 0 unspecified atom stereocenters. The van der Waals surface area contributed by atoms with Gasteiger partial charge in [-0.15, -0.1) is 6.58 Å².